The number of aliphatic hydroxyl groups excluding tert-OH is 1. The molecule has 6 rings (SSSR count). The van der Waals surface area contributed by atoms with E-state index in [1.807, 2.05) is 41.0 Å². The number of aromatic nitrogens is 2. The number of benzene rings is 3. The van der Waals surface area contributed by atoms with E-state index in [2.05, 4.69) is 10.3 Å². The van der Waals surface area contributed by atoms with Crippen LogP contribution in [0.2, 0.25) is 0 Å². The standard InChI is InChI=1S/C27H23N5O4/c33-16-23-29-20-10-4-6-12-22(20)30(23)14-13-28-24(34)15-31-25-17-7-1-2-8-18(17)27(36)32(25)21-11-5-3-9-19(21)26(31)35/h1-12,25,33H,13-16H2,(H,28,34)/t25-/m1/s1. The fourth-order valence-electron chi connectivity index (χ4n) is 5.15. The third kappa shape index (κ3) is 3.36. The van der Waals surface area contributed by atoms with Crippen LogP contribution in [0.15, 0.2) is 72.8 Å². The molecule has 1 atom stereocenters. The van der Waals surface area contributed by atoms with Gasteiger partial charge in [-0.2, -0.15) is 0 Å². The first kappa shape index (κ1) is 22.0. The lowest BCUT2D eigenvalue weighted by atomic mass is 10.0. The summed E-state index contributed by atoms with van der Waals surface area (Å²) in [5.41, 5.74) is 3.82. The largest absolute Gasteiger partial charge is 0.388 e. The average molecular weight is 482 g/mol. The summed E-state index contributed by atoms with van der Waals surface area (Å²) < 4.78 is 1.87. The van der Waals surface area contributed by atoms with Crippen molar-refractivity contribution in [1.82, 2.24) is 19.8 Å². The van der Waals surface area contributed by atoms with E-state index in [0.717, 1.165) is 11.0 Å². The molecule has 36 heavy (non-hydrogen) atoms. The molecule has 0 unspecified atom stereocenters. The number of nitrogens with one attached hydrogen (secondary N) is 1. The van der Waals surface area contributed by atoms with Crippen molar-refractivity contribution in [2.24, 2.45) is 0 Å². The maximum Gasteiger partial charge on any atom is 0.260 e. The Bertz CT molecular complexity index is 1530. The van der Waals surface area contributed by atoms with Crippen LogP contribution in [0.1, 0.15) is 38.3 Å². The van der Waals surface area contributed by atoms with Crippen LogP contribution < -0.4 is 10.2 Å². The lowest BCUT2D eigenvalue weighted by molar-refractivity contribution is -0.122. The fraction of sp³-hybridized carbons (Fsp3) is 0.185. The van der Waals surface area contributed by atoms with Crippen molar-refractivity contribution in [3.8, 4) is 0 Å². The minimum Gasteiger partial charge on any atom is -0.388 e. The number of hydrogen-bond donors (Lipinski definition) is 2. The third-order valence-electron chi connectivity index (χ3n) is 6.73. The summed E-state index contributed by atoms with van der Waals surface area (Å²) in [5, 5.41) is 12.6. The van der Waals surface area contributed by atoms with Gasteiger partial charge < -0.3 is 19.9 Å². The number of aliphatic hydroxyl groups is 1. The number of rotatable bonds is 6. The number of hydrogen-bond acceptors (Lipinski definition) is 5. The maximum atomic E-state index is 13.5. The Morgan fingerprint density at radius 3 is 2.47 bits per heavy atom. The molecule has 0 saturated carbocycles. The summed E-state index contributed by atoms with van der Waals surface area (Å²) in [7, 11) is 0. The summed E-state index contributed by atoms with van der Waals surface area (Å²) >= 11 is 0. The van der Waals surface area contributed by atoms with Crippen molar-refractivity contribution in [1.29, 1.82) is 0 Å². The predicted molar refractivity (Wildman–Crippen MR) is 132 cm³/mol. The Hall–Kier alpha value is -4.50. The molecule has 3 aromatic carbocycles. The minimum atomic E-state index is -0.680. The zero-order chi connectivity index (χ0) is 24.8. The van der Waals surface area contributed by atoms with E-state index >= 15 is 0 Å². The number of amides is 3. The molecule has 0 saturated heterocycles. The first-order chi connectivity index (χ1) is 17.6. The van der Waals surface area contributed by atoms with E-state index in [-0.39, 0.29) is 37.4 Å². The summed E-state index contributed by atoms with van der Waals surface area (Å²) in [6.45, 7) is 0.285. The van der Waals surface area contributed by atoms with Crippen LogP contribution in [0.25, 0.3) is 11.0 Å². The molecule has 2 N–H and O–H groups in total. The zero-order valence-electron chi connectivity index (χ0n) is 19.3. The Balaban J connectivity index is 1.23. The van der Waals surface area contributed by atoms with E-state index in [9.17, 15) is 19.5 Å². The summed E-state index contributed by atoms with van der Waals surface area (Å²) in [6, 6.07) is 21.7. The van der Waals surface area contributed by atoms with Gasteiger partial charge in [0.05, 0.1) is 22.3 Å². The summed E-state index contributed by atoms with van der Waals surface area (Å²) in [4.78, 5) is 47.2. The van der Waals surface area contributed by atoms with Crippen molar-refractivity contribution in [2.75, 3.05) is 18.0 Å². The van der Waals surface area contributed by atoms with Crippen LogP contribution in [0.3, 0.4) is 0 Å². The SMILES string of the molecule is O=C(CN1C(=O)c2ccccc2N2C(=O)c3ccccc3[C@H]12)NCCn1c(CO)nc2ccccc21. The number of carbonyl (C=O) groups is 3. The first-order valence-corrected chi connectivity index (χ1v) is 11.7. The van der Waals surface area contributed by atoms with Gasteiger partial charge in [0.25, 0.3) is 11.8 Å². The van der Waals surface area contributed by atoms with Gasteiger partial charge >= 0.3 is 0 Å². The highest BCUT2D eigenvalue weighted by Gasteiger charge is 2.47. The molecule has 3 heterocycles. The average Bonchev–Trinajstić information content (AvgIpc) is 3.42. The number of para-hydroxylation sites is 3. The monoisotopic (exact) mass is 481 g/mol. The van der Waals surface area contributed by atoms with E-state index < -0.39 is 6.17 Å². The Kier molecular flexibility index (Phi) is 5.26. The molecule has 180 valence electrons. The molecule has 9 heteroatoms. The molecule has 2 aliphatic rings. The molecule has 4 aromatic rings. The molecule has 3 amide bonds. The highest BCUT2D eigenvalue weighted by molar-refractivity contribution is 6.17. The fourth-order valence-corrected chi connectivity index (χ4v) is 5.15. The van der Waals surface area contributed by atoms with Gasteiger partial charge in [0.2, 0.25) is 5.91 Å². The maximum absolute atomic E-state index is 13.5. The molecule has 9 nitrogen and oxygen atoms in total. The second-order valence-corrected chi connectivity index (χ2v) is 8.76. The minimum absolute atomic E-state index is 0.190. The van der Waals surface area contributed by atoms with Crippen LogP contribution in [-0.2, 0) is 17.9 Å². The van der Waals surface area contributed by atoms with Gasteiger partial charge in [-0.25, -0.2) is 4.98 Å². The molecular formula is C27H23N5O4. The second-order valence-electron chi connectivity index (χ2n) is 8.76. The number of nitrogens with zero attached hydrogens (tertiary/aromatic N) is 4. The van der Waals surface area contributed by atoms with Crippen LogP contribution in [0, 0.1) is 0 Å². The Labute approximate surface area is 206 Å². The Morgan fingerprint density at radius 2 is 1.64 bits per heavy atom. The van der Waals surface area contributed by atoms with E-state index in [0.29, 0.717) is 34.7 Å². The van der Waals surface area contributed by atoms with Gasteiger partial charge in [0.15, 0.2) is 0 Å². The van der Waals surface area contributed by atoms with Crippen LogP contribution in [-0.4, -0.2) is 50.4 Å². The summed E-state index contributed by atoms with van der Waals surface area (Å²) in [6.07, 6.45) is -0.680. The van der Waals surface area contributed by atoms with Gasteiger partial charge in [-0.15, -0.1) is 0 Å². The zero-order valence-corrected chi connectivity index (χ0v) is 19.3. The number of carbonyl (C=O) groups excluding carboxylic acids is 3. The van der Waals surface area contributed by atoms with Crippen LogP contribution in [0.4, 0.5) is 5.69 Å². The van der Waals surface area contributed by atoms with Crippen molar-refractivity contribution in [3.63, 3.8) is 0 Å². The van der Waals surface area contributed by atoms with Gasteiger partial charge in [0, 0.05) is 24.2 Å². The first-order valence-electron chi connectivity index (χ1n) is 11.7. The second kappa shape index (κ2) is 8.62. The molecule has 1 aromatic heterocycles. The van der Waals surface area contributed by atoms with Gasteiger partial charge in [0.1, 0.15) is 25.1 Å². The van der Waals surface area contributed by atoms with Crippen LogP contribution >= 0.6 is 0 Å². The van der Waals surface area contributed by atoms with Crippen molar-refractivity contribution >= 4 is 34.4 Å². The quantitative estimate of drug-likeness (QED) is 0.440. The predicted octanol–water partition coefficient (Wildman–Crippen LogP) is 2.46. The number of imidazole rings is 1. The molecular weight excluding hydrogens is 458 g/mol. The molecule has 0 bridgehead atoms. The van der Waals surface area contributed by atoms with Gasteiger partial charge in [-0.1, -0.05) is 42.5 Å². The normalized spacial score (nSPS) is 16.2. The van der Waals surface area contributed by atoms with Crippen molar-refractivity contribution < 1.29 is 19.5 Å². The van der Waals surface area contributed by atoms with E-state index in [1.54, 1.807) is 41.3 Å². The van der Waals surface area contributed by atoms with Crippen LogP contribution in [0.5, 0.6) is 0 Å². The topological polar surface area (TPSA) is 108 Å². The lowest BCUT2D eigenvalue weighted by Crippen LogP contribution is -2.51. The lowest BCUT2D eigenvalue weighted by Gasteiger charge is -2.40. The molecule has 0 aliphatic carbocycles. The van der Waals surface area contributed by atoms with Crippen molar-refractivity contribution in [2.45, 2.75) is 19.3 Å². The van der Waals surface area contributed by atoms with E-state index in [1.165, 1.54) is 4.90 Å². The number of fused-ring (bicyclic) bond motifs is 6. The highest BCUT2D eigenvalue weighted by atomic mass is 16.3. The molecule has 0 spiro atoms. The van der Waals surface area contributed by atoms with E-state index in [4.69, 9.17) is 0 Å². The molecule has 2 aliphatic heterocycles. The summed E-state index contributed by atoms with van der Waals surface area (Å²) in [5.74, 6) is -0.307. The Morgan fingerprint density at radius 1 is 0.917 bits per heavy atom. The molecule has 0 fully saturated rings. The smallest absolute Gasteiger partial charge is 0.260 e. The van der Waals surface area contributed by atoms with Gasteiger partial charge in [-0.3, -0.25) is 19.3 Å². The highest BCUT2D eigenvalue weighted by Crippen LogP contribution is 2.44. The number of anilines is 1. The van der Waals surface area contributed by atoms with Crippen molar-refractivity contribution in [3.05, 3.63) is 95.3 Å². The molecule has 0 radical (unpaired) electrons. The van der Waals surface area contributed by atoms with Gasteiger partial charge in [-0.05, 0) is 30.3 Å². The third-order valence-corrected chi connectivity index (χ3v) is 6.73.